The van der Waals surface area contributed by atoms with E-state index in [-0.39, 0.29) is 63.0 Å². The van der Waals surface area contributed by atoms with Gasteiger partial charge in [-0.3, -0.25) is 24.4 Å². The van der Waals surface area contributed by atoms with Crippen molar-refractivity contribution in [1.29, 1.82) is 0 Å². The molecule has 3 aromatic rings. The summed E-state index contributed by atoms with van der Waals surface area (Å²) in [7, 11) is 0. The molecule has 1 aromatic carbocycles. The van der Waals surface area contributed by atoms with Crippen LogP contribution < -0.4 is 26.4 Å². The van der Waals surface area contributed by atoms with Gasteiger partial charge in [-0.2, -0.15) is 5.10 Å². The number of aryl methyl sites for hydroxylation is 2. The first-order valence-corrected chi connectivity index (χ1v) is 15.3. The zero-order valence-corrected chi connectivity index (χ0v) is 27.6. The van der Waals surface area contributed by atoms with Gasteiger partial charge in [0.15, 0.2) is 0 Å². The summed E-state index contributed by atoms with van der Waals surface area (Å²) in [6.45, 7) is 9.66. The fraction of sp³-hybridized carbons (Fsp3) is 0.452. The Balaban J connectivity index is 1.87. The van der Waals surface area contributed by atoms with Crippen LogP contribution in [0.2, 0.25) is 0 Å². The number of primary amides is 1. The lowest BCUT2D eigenvalue weighted by Gasteiger charge is -2.19. The van der Waals surface area contributed by atoms with Crippen LogP contribution >= 0.6 is 0 Å². The summed E-state index contributed by atoms with van der Waals surface area (Å²) in [4.78, 5) is 64.6. The summed E-state index contributed by atoms with van der Waals surface area (Å²) in [5.41, 5.74) is 6.80. The van der Waals surface area contributed by atoms with E-state index >= 15 is 0 Å². The minimum Gasteiger partial charge on any atom is -0.491 e. The van der Waals surface area contributed by atoms with Gasteiger partial charge in [0.05, 0.1) is 30.8 Å². The van der Waals surface area contributed by atoms with Crippen LogP contribution in [-0.2, 0) is 27.4 Å². The van der Waals surface area contributed by atoms with E-state index < -0.39 is 35.6 Å². The van der Waals surface area contributed by atoms with Gasteiger partial charge in [0.2, 0.25) is 11.9 Å². The lowest BCUT2D eigenvalue weighted by Crippen LogP contribution is -2.32. The number of imidazole rings is 1. The Labute approximate surface area is 276 Å². The summed E-state index contributed by atoms with van der Waals surface area (Å²) >= 11 is 0. The smallest absolute Gasteiger partial charge is 0.407 e. The molecule has 0 fully saturated rings. The number of aromatic nitrogens is 4. The lowest BCUT2D eigenvalue weighted by atomic mass is 10.1. The first-order valence-electron chi connectivity index (χ1n) is 15.3. The fourth-order valence-corrected chi connectivity index (χ4v) is 4.34. The molecule has 17 nitrogen and oxygen atoms in total. The van der Waals surface area contributed by atoms with Crippen LogP contribution in [-0.4, -0.2) is 86.3 Å². The number of alkyl carbamates (subject to hydrolysis) is 2. The number of amides is 4. The van der Waals surface area contributed by atoms with Gasteiger partial charge in [0.1, 0.15) is 22.6 Å². The molecule has 0 radical (unpaired) electrons. The van der Waals surface area contributed by atoms with Gasteiger partial charge in [0, 0.05) is 38.2 Å². The molecule has 3 rings (SSSR count). The number of nitrogens with two attached hydrogens (primary N) is 1. The number of nitrogens with zero attached hydrogens (tertiary/aromatic N) is 4. The lowest BCUT2D eigenvalue weighted by molar-refractivity contribution is -0.136. The van der Waals surface area contributed by atoms with Crippen LogP contribution in [0.25, 0.3) is 11.0 Å². The van der Waals surface area contributed by atoms with Crippen LogP contribution in [0.1, 0.15) is 67.1 Å². The summed E-state index contributed by atoms with van der Waals surface area (Å²) in [5.74, 6) is -1.85. The molecule has 6 N–H and O–H groups in total. The molecule has 0 aliphatic carbocycles. The highest BCUT2D eigenvalue weighted by Gasteiger charge is 2.22. The van der Waals surface area contributed by atoms with Crippen LogP contribution in [0.5, 0.6) is 5.75 Å². The minimum absolute atomic E-state index is 0.0317. The molecule has 0 atom stereocenters. The number of rotatable bonds is 16. The number of anilines is 1. The number of fused-ring (bicyclic) bond motifs is 1. The second kappa shape index (κ2) is 16.8. The van der Waals surface area contributed by atoms with Crippen molar-refractivity contribution in [1.82, 2.24) is 30.0 Å². The van der Waals surface area contributed by atoms with E-state index in [1.165, 1.54) is 12.1 Å². The van der Waals surface area contributed by atoms with Crippen molar-refractivity contribution < 1.29 is 43.3 Å². The average Bonchev–Trinajstić information content (AvgIpc) is 3.54. The van der Waals surface area contributed by atoms with E-state index in [4.69, 9.17) is 25.1 Å². The summed E-state index contributed by atoms with van der Waals surface area (Å²) in [5, 5.41) is 20.8. The Hall–Kier alpha value is -5.61. The van der Waals surface area contributed by atoms with E-state index in [1.54, 1.807) is 55.2 Å². The third-order valence-electron chi connectivity index (χ3n) is 6.36. The van der Waals surface area contributed by atoms with Crippen LogP contribution in [0.15, 0.2) is 30.4 Å². The number of carboxylic acids is 1. The SMILES string of the molecule is CCn1nc(C)cc1C(=O)Nc1nc2cc(C(N)=O)cc(OCCCOC(=O)NCCC(=O)O)c2n1C/C=C/CNC(=O)OC(C)(C)C. The first kappa shape index (κ1) is 36.9. The Morgan fingerprint density at radius 2 is 1.79 bits per heavy atom. The van der Waals surface area contributed by atoms with Crippen LogP contribution in [0.3, 0.4) is 0 Å². The van der Waals surface area contributed by atoms with Crippen LogP contribution in [0, 0.1) is 6.92 Å². The molecule has 0 bridgehead atoms. The van der Waals surface area contributed by atoms with E-state index in [1.807, 2.05) is 6.92 Å². The fourth-order valence-electron chi connectivity index (χ4n) is 4.34. The normalized spacial score (nSPS) is 11.4. The van der Waals surface area contributed by atoms with E-state index in [9.17, 15) is 24.0 Å². The molecule has 0 unspecified atom stereocenters. The predicted molar refractivity (Wildman–Crippen MR) is 174 cm³/mol. The monoisotopic (exact) mass is 670 g/mol. The highest BCUT2D eigenvalue weighted by Crippen LogP contribution is 2.31. The Bertz CT molecular complexity index is 1670. The third-order valence-corrected chi connectivity index (χ3v) is 6.36. The highest BCUT2D eigenvalue weighted by molar-refractivity contribution is 6.04. The number of carbonyl (C=O) groups excluding carboxylic acids is 4. The molecule has 0 aliphatic rings. The molecule has 2 heterocycles. The molecule has 0 spiro atoms. The van der Waals surface area contributed by atoms with Crippen molar-refractivity contribution in [3.63, 3.8) is 0 Å². The van der Waals surface area contributed by atoms with Gasteiger partial charge in [-0.1, -0.05) is 12.2 Å². The zero-order chi connectivity index (χ0) is 35.4. The largest absolute Gasteiger partial charge is 0.491 e. The molecule has 48 heavy (non-hydrogen) atoms. The molecule has 0 aliphatic heterocycles. The zero-order valence-electron chi connectivity index (χ0n) is 27.6. The van der Waals surface area contributed by atoms with Crippen molar-refractivity contribution in [2.75, 3.05) is 31.6 Å². The van der Waals surface area contributed by atoms with Crippen molar-refractivity contribution in [2.45, 2.75) is 66.2 Å². The topological polar surface area (TPSA) is 231 Å². The molecule has 260 valence electrons. The quantitative estimate of drug-likeness (QED) is 0.110. The second-order valence-corrected chi connectivity index (χ2v) is 11.5. The number of nitrogens with one attached hydrogen (secondary N) is 3. The Morgan fingerprint density at radius 1 is 1.04 bits per heavy atom. The summed E-state index contributed by atoms with van der Waals surface area (Å²) in [6.07, 6.45) is 2.12. The number of carbonyl (C=O) groups is 5. The van der Waals surface area contributed by atoms with E-state index in [0.717, 1.165) is 0 Å². The van der Waals surface area contributed by atoms with E-state index in [0.29, 0.717) is 29.0 Å². The summed E-state index contributed by atoms with van der Waals surface area (Å²) in [6, 6.07) is 4.59. The molecule has 2 aromatic heterocycles. The number of aliphatic carboxylic acids is 1. The van der Waals surface area contributed by atoms with Crippen LogP contribution in [0.4, 0.5) is 15.5 Å². The molecule has 0 saturated heterocycles. The van der Waals surface area contributed by atoms with Gasteiger partial charge < -0.3 is 40.3 Å². The van der Waals surface area contributed by atoms with Crippen molar-refractivity contribution in [2.24, 2.45) is 5.73 Å². The maximum atomic E-state index is 13.4. The van der Waals surface area contributed by atoms with Crippen molar-refractivity contribution in [3.8, 4) is 5.75 Å². The number of allylic oxidation sites excluding steroid dienone is 1. The van der Waals surface area contributed by atoms with Gasteiger partial charge in [-0.25, -0.2) is 14.6 Å². The second-order valence-electron chi connectivity index (χ2n) is 11.5. The number of benzene rings is 1. The Kier molecular flexibility index (Phi) is 12.9. The molecular formula is C31H42N8O9. The molecule has 0 saturated carbocycles. The molecular weight excluding hydrogens is 628 g/mol. The van der Waals surface area contributed by atoms with Gasteiger partial charge >= 0.3 is 18.2 Å². The maximum Gasteiger partial charge on any atom is 0.407 e. The number of hydrogen-bond donors (Lipinski definition) is 5. The molecule has 17 heteroatoms. The van der Waals surface area contributed by atoms with Crippen molar-refractivity contribution >= 4 is 47.0 Å². The van der Waals surface area contributed by atoms with Gasteiger partial charge in [-0.05, 0) is 52.8 Å². The predicted octanol–water partition coefficient (Wildman–Crippen LogP) is 2.96. The average molecular weight is 671 g/mol. The molecule has 4 amide bonds. The first-order chi connectivity index (χ1) is 22.7. The Morgan fingerprint density at radius 3 is 2.46 bits per heavy atom. The van der Waals surface area contributed by atoms with Gasteiger partial charge in [-0.15, -0.1) is 0 Å². The highest BCUT2D eigenvalue weighted by atomic mass is 16.6. The van der Waals surface area contributed by atoms with Crippen molar-refractivity contribution in [3.05, 3.63) is 47.3 Å². The van der Waals surface area contributed by atoms with E-state index in [2.05, 4.69) is 26.0 Å². The number of ether oxygens (including phenoxy) is 3. The minimum atomic E-state index is -1.05. The number of hydrogen-bond acceptors (Lipinski definition) is 10. The van der Waals surface area contributed by atoms with Gasteiger partial charge in [0.25, 0.3) is 5.91 Å². The number of carboxylic acid groups (broad SMARTS) is 1. The standard InChI is InChI=1S/C31H42N8O9/c1-6-39-22(16-19(2)37-39)27(43)36-28-35-21-17-20(26(32)42)18-23(46-14-9-15-47-29(44)34-12-10-24(40)41)25(21)38(28)13-8-7-11-33-30(45)48-31(3,4)5/h7-8,16-18H,6,9-15H2,1-5H3,(H2,32,42)(H,33,45)(H,34,44)(H,40,41)(H,35,36,43)/b8-7+. The maximum absolute atomic E-state index is 13.4. The summed E-state index contributed by atoms with van der Waals surface area (Å²) < 4.78 is 19.5. The third kappa shape index (κ3) is 11.0.